The third-order valence-electron chi connectivity index (χ3n) is 2.68. The number of benzene rings is 1. The maximum atomic E-state index is 9.22. The monoisotopic (exact) mass is 326 g/mol. The second-order valence-corrected chi connectivity index (χ2v) is 6.51. The van der Waals surface area contributed by atoms with Crippen LogP contribution in [0.4, 0.5) is 0 Å². The first-order chi connectivity index (χ1) is 8.59. The largest absolute Gasteiger partial charge is 0.300 e. The Hall–Kier alpha value is -0.500. The van der Waals surface area contributed by atoms with Gasteiger partial charge in [-0.3, -0.25) is 5.32 Å². The normalized spacial score (nSPS) is 13.9. The number of nitrogens with zero attached hydrogens (tertiary/aromatic N) is 1. The van der Waals surface area contributed by atoms with E-state index < -0.39 is 5.54 Å². The van der Waals surface area contributed by atoms with Crippen LogP contribution in [0.3, 0.4) is 0 Å². The van der Waals surface area contributed by atoms with Gasteiger partial charge in [-0.1, -0.05) is 28.9 Å². The maximum absolute atomic E-state index is 9.22. The zero-order chi connectivity index (χ0) is 13.4. The summed E-state index contributed by atoms with van der Waals surface area (Å²) in [5, 5.41) is 12.5. The molecule has 2 nitrogen and oxygen atoms in total. The lowest BCUT2D eigenvalue weighted by atomic mass is 10.0. The van der Waals surface area contributed by atoms with Crippen molar-refractivity contribution >= 4 is 27.7 Å². The molecule has 0 spiro atoms. The van der Waals surface area contributed by atoms with Gasteiger partial charge in [0.15, 0.2) is 0 Å². The van der Waals surface area contributed by atoms with Gasteiger partial charge < -0.3 is 0 Å². The van der Waals surface area contributed by atoms with E-state index in [0.29, 0.717) is 0 Å². The number of nitriles is 1. The summed E-state index contributed by atoms with van der Waals surface area (Å²) in [5.41, 5.74) is -0.408. The lowest BCUT2D eigenvalue weighted by molar-refractivity contribution is 0.437. The van der Waals surface area contributed by atoms with E-state index in [4.69, 9.17) is 0 Å². The minimum absolute atomic E-state index is 0.408. The first-order valence-corrected chi connectivity index (χ1v) is 7.92. The lowest BCUT2D eigenvalue weighted by Gasteiger charge is -2.22. The summed E-state index contributed by atoms with van der Waals surface area (Å²) in [5.74, 6) is 0.942. The van der Waals surface area contributed by atoms with Crippen molar-refractivity contribution in [3.63, 3.8) is 0 Å². The van der Waals surface area contributed by atoms with Gasteiger partial charge in [-0.15, -0.1) is 11.8 Å². The molecule has 1 unspecified atom stereocenters. The third kappa shape index (κ3) is 5.43. The molecule has 0 bridgehead atoms. The van der Waals surface area contributed by atoms with Gasteiger partial charge in [0.2, 0.25) is 0 Å². The molecule has 1 rings (SSSR count). The van der Waals surface area contributed by atoms with E-state index in [1.54, 1.807) is 11.8 Å². The Morgan fingerprint density at radius 1 is 1.50 bits per heavy atom. The zero-order valence-corrected chi connectivity index (χ0v) is 13.3. The number of halogens is 1. The number of nitrogens with one attached hydrogen (secondary N) is 1. The molecular weight excluding hydrogens is 308 g/mol. The molecule has 0 heterocycles. The van der Waals surface area contributed by atoms with Crippen LogP contribution in [0.2, 0.25) is 0 Å². The van der Waals surface area contributed by atoms with Crippen molar-refractivity contribution in [1.82, 2.24) is 5.32 Å². The van der Waals surface area contributed by atoms with E-state index in [1.807, 2.05) is 19.1 Å². The van der Waals surface area contributed by atoms with Gasteiger partial charge in [-0.2, -0.15) is 5.26 Å². The number of thioether (sulfide) groups is 1. The van der Waals surface area contributed by atoms with Gasteiger partial charge in [0, 0.05) is 15.1 Å². The van der Waals surface area contributed by atoms with Crippen molar-refractivity contribution in [2.75, 3.05) is 12.3 Å². The van der Waals surface area contributed by atoms with Crippen molar-refractivity contribution in [3.05, 3.63) is 28.7 Å². The molecule has 98 valence electrons. The lowest BCUT2D eigenvalue weighted by Crippen LogP contribution is -2.41. The van der Waals surface area contributed by atoms with Gasteiger partial charge in [-0.25, -0.2) is 0 Å². The standard InChI is InChI=1S/C14H19BrN2S/c1-3-8-17-14(2,11-16)7-9-18-13-6-4-5-12(15)10-13/h4-6,10,17H,3,7-9H2,1-2H3. The predicted octanol–water partition coefficient (Wildman–Crippen LogP) is 4.21. The highest BCUT2D eigenvalue weighted by atomic mass is 79.9. The van der Waals surface area contributed by atoms with Crippen LogP contribution in [0.1, 0.15) is 26.7 Å². The van der Waals surface area contributed by atoms with Crippen molar-refractivity contribution in [1.29, 1.82) is 5.26 Å². The average molecular weight is 327 g/mol. The van der Waals surface area contributed by atoms with E-state index >= 15 is 0 Å². The molecule has 1 aromatic carbocycles. The number of hydrogen-bond acceptors (Lipinski definition) is 3. The Kier molecular flexibility index (Phi) is 6.77. The average Bonchev–Trinajstić information content (AvgIpc) is 2.36. The SMILES string of the molecule is CCCNC(C)(C#N)CCSc1cccc(Br)c1. The Bertz CT molecular complexity index is 417. The van der Waals surface area contributed by atoms with Crippen molar-refractivity contribution < 1.29 is 0 Å². The molecule has 1 aromatic rings. The smallest absolute Gasteiger partial charge is 0.104 e. The Labute approximate surface area is 122 Å². The molecule has 0 aromatic heterocycles. The molecular formula is C14H19BrN2S. The molecule has 0 saturated heterocycles. The molecule has 1 atom stereocenters. The van der Waals surface area contributed by atoms with Gasteiger partial charge in [-0.05, 0) is 44.5 Å². The minimum atomic E-state index is -0.408. The van der Waals surface area contributed by atoms with Crippen LogP contribution in [-0.2, 0) is 0 Å². The van der Waals surface area contributed by atoms with Crippen molar-refractivity contribution in [2.24, 2.45) is 0 Å². The summed E-state index contributed by atoms with van der Waals surface area (Å²) in [4.78, 5) is 1.24. The number of hydrogen-bond donors (Lipinski definition) is 1. The predicted molar refractivity (Wildman–Crippen MR) is 81.8 cm³/mol. The Morgan fingerprint density at radius 3 is 2.89 bits per heavy atom. The molecule has 0 amide bonds. The second kappa shape index (κ2) is 7.83. The topological polar surface area (TPSA) is 35.8 Å². The summed E-state index contributed by atoms with van der Waals surface area (Å²) in [6.45, 7) is 4.98. The minimum Gasteiger partial charge on any atom is -0.300 e. The molecule has 18 heavy (non-hydrogen) atoms. The maximum Gasteiger partial charge on any atom is 0.104 e. The first-order valence-electron chi connectivity index (χ1n) is 6.14. The number of rotatable bonds is 7. The van der Waals surface area contributed by atoms with Crippen LogP contribution in [0.25, 0.3) is 0 Å². The van der Waals surface area contributed by atoms with Crippen LogP contribution in [0, 0.1) is 11.3 Å². The first kappa shape index (κ1) is 15.6. The molecule has 4 heteroatoms. The second-order valence-electron chi connectivity index (χ2n) is 4.43. The zero-order valence-electron chi connectivity index (χ0n) is 10.9. The summed E-state index contributed by atoms with van der Waals surface area (Å²) < 4.78 is 1.10. The quantitative estimate of drug-likeness (QED) is 0.762. The summed E-state index contributed by atoms with van der Waals surface area (Å²) in [6.07, 6.45) is 1.90. The molecule has 0 aliphatic carbocycles. The summed E-state index contributed by atoms with van der Waals surface area (Å²) in [7, 11) is 0. The van der Waals surface area contributed by atoms with Crippen LogP contribution in [0.15, 0.2) is 33.6 Å². The molecule has 0 saturated carbocycles. The van der Waals surface area contributed by atoms with Crippen LogP contribution < -0.4 is 5.32 Å². The fourth-order valence-electron chi connectivity index (χ4n) is 1.51. The van der Waals surface area contributed by atoms with E-state index in [2.05, 4.69) is 46.4 Å². The van der Waals surface area contributed by atoms with Crippen LogP contribution in [0.5, 0.6) is 0 Å². The third-order valence-corrected chi connectivity index (χ3v) is 4.17. The molecule has 0 aliphatic rings. The summed E-state index contributed by atoms with van der Waals surface area (Å²) in [6, 6.07) is 10.6. The van der Waals surface area contributed by atoms with Gasteiger partial charge >= 0.3 is 0 Å². The fourth-order valence-corrected chi connectivity index (χ4v) is 3.20. The fraction of sp³-hybridized carbons (Fsp3) is 0.500. The highest BCUT2D eigenvalue weighted by Crippen LogP contribution is 2.24. The Balaban J connectivity index is 2.42. The van der Waals surface area contributed by atoms with Crippen molar-refractivity contribution in [2.45, 2.75) is 37.1 Å². The van der Waals surface area contributed by atoms with Crippen LogP contribution in [-0.4, -0.2) is 17.8 Å². The van der Waals surface area contributed by atoms with Gasteiger partial charge in [0.25, 0.3) is 0 Å². The Morgan fingerprint density at radius 2 is 2.28 bits per heavy atom. The van der Waals surface area contributed by atoms with E-state index in [1.165, 1.54) is 4.90 Å². The van der Waals surface area contributed by atoms with E-state index in [0.717, 1.165) is 29.6 Å². The summed E-state index contributed by atoms with van der Waals surface area (Å²) >= 11 is 5.25. The molecule has 1 N–H and O–H groups in total. The highest BCUT2D eigenvalue weighted by molar-refractivity contribution is 9.10. The highest BCUT2D eigenvalue weighted by Gasteiger charge is 2.21. The van der Waals surface area contributed by atoms with Crippen LogP contribution >= 0.6 is 27.7 Å². The molecule has 0 radical (unpaired) electrons. The van der Waals surface area contributed by atoms with E-state index in [-0.39, 0.29) is 0 Å². The molecule has 0 fully saturated rings. The van der Waals surface area contributed by atoms with Crippen molar-refractivity contribution in [3.8, 4) is 6.07 Å². The van der Waals surface area contributed by atoms with Gasteiger partial charge in [0.05, 0.1) is 6.07 Å². The van der Waals surface area contributed by atoms with Gasteiger partial charge in [0.1, 0.15) is 5.54 Å². The van der Waals surface area contributed by atoms with E-state index in [9.17, 15) is 5.26 Å². The molecule has 0 aliphatic heterocycles.